The van der Waals surface area contributed by atoms with Crippen LogP contribution in [0.2, 0.25) is 0 Å². The molecule has 1 aliphatic rings. The molecule has 0 atom stereocenters. The third-order valence-electron chi connectivity index (χ3n) is 4.32. The molecule has 0 aromatic heterocycles. The number of hydrogen-bond donors (Lipinski definition) is 1. The quantitative estimate of drug-likeness (QED) is 0.647. The van der Waals surface area contributed by atoms with Crippen LogP contribution < -0.4 is 10.1 Å². The van der Waals surface area contributed by atoms with Gasteiger partial charge < -0.3 is 19.5 Å². The Balaban J connectivity index is 1.71. The lowest BCUT2D eigenvalue weighted by Gasteiger charge is -2.26. The molecule has 1 heterocycles. The van der Waals surface area contributed by atoms with Gasteiger partial charge in [0, 0.05) is 31.9 Å². The summed E-state index contributed by atoms with van der Waals surface area (Å²) in [5, 5.41) is 2.89. The Morgan fingerprint density at radius 1 is 1.19 bits per heavy atom. The first kappa shape index (κ1) is 20.7. The molecule has 0 radical (unpaired) electrons. The minimum atomic E-state index is -0.843. The topological polar surface area (TPSA) is 60.0 Å². The summed E-state index contributed by atoms with van der Waals surface area (Å²) < 4.78 is 16.7. The number of ether oxygens (including phenoxy) is 3. The summed E-state index contributed by atoms with van der Waals surface area (Å²) in [7, 11) is 0. The van der Waals surface area contributed by atoms with Gasteiger partial charge in [0.25, 0.3) is 5.91 Å². The van der Waals surface area contributed by atoms with Gasteiger partial charge in [-0.2, -0.15) is 0 Å². The van der Waals surface area contributed by atoms with Crippen LogP contribution in [0.4, 0.5) is 5.69 Å². The first-order chi connectivity index (χ1) is 12.5. The average molecular weight is 364 g/mol. The lowest BCUT2D eigenvalue weighted by molar-refractivity contribution is -0.137. The number of morpholine rings is 1. The van der Waals surface area contributed by atoms with E-state index in [0.717, 1.165) is 57.1 Å². The molecule has 6 heteroatoms. The Hall–Kier alpha value is -1.63. The number of nitrogens with zero attached hydrogens (tertiary/aromatic N) is 1. The molecular weight excluding hydrogens is 332 g/mol. The predicted octanol–water partition coefficient (Wildman–Crippen LogP) is 2.93. The van der Waals surface area contributed by atoms with Gasteiger partial charge in [0.05, 0.1) is 19.8 Å². The van der Waals surface area contributed by atoms with Crippen molar-refractivity contribution in [3.05, 3.63) is 24.3 Å². The summed E-state index contributed by atoms with van der Waals surface area (Å²) in [6.07, 6.45) is 1.87. The summed E-state index contributed by atoms with van der Waals surface area (Å²) in [6, 6.07) is 7.46. The monoisotopic (exact) mass is 364 g/mol. The third kappa shape index (κ3) is 6.94. The Labute approximate surface area is 156 Å². The van der Waals surface area contributed by atoms with Gasteiger partial charge in [-0.3, -0.25) is 9.69 Å². The van der Waals surface area contributed by atoms with E-state index in [0.29, 0.717) is 13.2 Å². The average Bonchev–Trinajstić information content (AvgIpc) is 2.65. The second-order valence-electron chi connectivity index (χ2n) is 6.99. The van der Waals surface area contributed by atoms with E-state index in [9.17, 15) is 4.79 Å². The number of amides is 1. The SMILES string of the molecule is CCCOC(C)(C)C(=O)Nc1ccc(OCCCN2CCOCC2)cc1. The summed E-state index contributed by atoms with van der Waals surface area (Å²) in [6.45, 7) is 11.5. The zero-order valence-corrected chi connectivity index (χ0v) is 16.3. The molecule has 6 nitrogen and oxygen atoms in total. The van der Waals surface area contributed by atoms with Gasteiger partial charge in [-0.05, 0) is 51.0 Å². The van der Waals surface area contributed by atoms with Gasteiger partial charge in [0.2, 0.25) is 0 Å². The van der Waals surface area contributed by atoms with Crippen molar-refractivity contribution in [3.8, 4) is 5.75 Å². The summed E-state index contributed by atoms with van der Waals surface area (Å²) in [5.74, 6) is 0.664. The van der Waals surface area contributed by atoms with Crippen LogP contribution in [0, 0.1) is 0 Å². The van der Waals surface area contributed by atoms with Gasteiger partial charge in [0.1, 0.15) is 11.4 Å². The number of anilines is 1. The van der Waals surface area contributed by atoms with Crippen LogP contribution in [0.5, 0.6) is 5.75 Å². The molecule has 0 spiro atoms. The Morgan fingerprint density at radius 2 is 1.88 bits per heavy atom. The van der Waals surface area contributed by atoms with Gasteiger partial charge >= 0.3 is 0 Å². The largest absolute Gasteiger partial charge is 0.494 e. The fourth-order valence-electron chi connectivity index (χ4n) is 2.64. The van der Waals surface area contributed by atoms with Crippen molar-refractivity contribution < 1.29 is 19.0 Å². The standard InChI is InChI=1S/C20H32N2O4/c1-4-13-26-20(2,3)19(23)21-17-6-8-18(9-7-17)25-14-5-10-22-11-15-24-16-12-22/h6-9H,4-5,10-16H2,1-3H3,(H,21,23). The van der Waals surface area contributed by atoms with Gasteiger partial charge in [-0.25, -0.2) is 0 Å². The van der Waals surface area contributed by atoms with Crippen LogP contribution in [0.3, 0.4) is 0 Å². The van der Waals surface area contributed by atoms with Gasteiger partial charge in [0.15, 0.2) is 0 Å². The van der Waals surface area contributed by atoms with Crippen LogP contribution in [0.1, 0.15) is 33.6 Å². The lowest BCUT2D eigenvalue weighted by atomic mass is 10.1. The zero-order chi connectivity index (χ0) is 18.8. The number of carbonyl (C=O) groups excluding carboxylic acids is 1. The van der Waals surface area contributed by atoms with E-state index in [2.05, 4.69) is 10.2 Å². The molecule has 1 fully saturated rings. The van der Waals surface area contributed by atoms with Crippen molar-refractivity contribution >= 4 is 11.6 Å². The van der Waals surface area contributed by atoms with Crippen LogP contribution in [0.25, 0.3) is 0 Å². The highest BCUT2D eigenvalue weighted by Gasteiger charge is 2.28. The first-order valence-electron chi connectivity index (χ1n) is 9.49. The van der Waals surface area contributed by atoms with Crippen molar-refractivity contribution in [1.29, 1.82) is 0 Å². The van der Waals surface area contributed by atoms with Gasteiger partial charge in [-0.15, -0.1) is 0 Å². The fraction of sp³-hybridized carbons (Fsp3) is 0.650. The van der Waals surface area contributed by atoms with Crippen LogP contribution in [0.15, 0.2) is 24.3 Å². The number of nitrogens with one attached hydrogen (secondary N) is 1. The maximum absolute atomic E-state index is 12.3. The minimum absolute atomic E-state index is 0.148. The van der Waals surface area contributed by atoms with E-state index in [1.165, 1.54) is 0 Å². The third-order valence-corrected chi connectivity index (χ3v) is 4.32. The van der Waals surface area contributed by atoms with Crippen molar-refractivity contribution in [1.82, 2.24) is 4.90 Å². The summed E-state index contributed by atoms with van der Waals surface area (Å²) in [5.41, 5.74) is -0.103. The molecular formula is C20H32N2O4. The molecule has 1 amide bonds. The number of hydrogen-bond acceptors (Lipinski definition) is 5. The number of benzene rings is 1. The highest BCUT2D eigenvalue weighted by molar-refractivity contribution is 5.96. The normalized spacial score (nSPS) is 15.7. The lowest BCUT2D eigenvalue weighted by Crippen LogP contribution is -2.40. The maximum atomic E-state index is 12.3. The smallest absolute Gasteiger partial charge is 0.256 e. The van der Waals surface area contributed by atoms with Crippen molar-refractivity contribution in [2.24, 2.45) is 0 Å². The molecule has 0 bridgehead atoms. The van der Waals surface area contributed by atoms with Crippen LogP contribution >= 0.6 is 0 Å². The second kappa shape index (κ2) is 10.5. The highest BCUT2D eigenvalue weighted by atomic mass is 16.5. The number of rotatable bonds is 10. The molecule has 2 rings (SSSR count). The van der Waals surface area contributed by atoms with Crippen molar-refractivity contribution in [3.63, 3.8) is 0 Å². The van der Waals surface area contributed by atoms with Crippen LogP contribution in [-0.2, 0) is 14.3 Å². The van der Waals surface area contributed by atoms with Crippen LogP contribution in [-0.4, -0.2) is 62.5 Å². The van der Waals surface area contributed by atoms with E-state index in [4.69, 9.17) is 14.2 Å². The minimum Gasteiger partial charge on any atom is -0.494 e. The molecule has 1 aromatic carbocycles. The Morgan fingerprint density at radius 3 is 2.54 bits per heavy atom. The Bertz CT molecular complexity index is 539. The Kier molecular flexibility index (Phi) is 8.35. The molecule has 1 N–H and O–H groups in total. The molecule has 26 heavy (non-hydrogen) atoms. The summed E-state index contributed by atoms with van der Waals surface area (Å²) in [4.78, 5) is 14.7. The second-order valence-corrected chi connectivity index (χ2v) is 6.99. The predicted molar refractivity (Wildman–Crippen MR) is 103 cm³/mol. The first-order valence-corrected chi connectivity index (χ1v) is 9.49. The number of carbonyl (C=O) groups is 1. The molecule has 0 saturated carbocycles. The fourth-order valence-corrected chi connectivity index (χ4v) is 2.64. The molecule has 1 aliphatic heterocycles. The van der Waals surface area contributed by atoms with E-state index in [1.54, 1.807) is 13.8 Å². The van der Waals surface area contributed by atoms with E-state index < -0.39 is 5.60 Å². The van der Waals surface area contributed by atoms with Crippen molar-refractivity contribution in [2.45, 2.75) is 39.2 Å². The molecule has 0 aliphatic carbocycles. The molecule has 146 valence electrons. The van der Waals surface area contributed by atoms with E-state index in [1.807, 2.05) is 31.2 Å². The van der Waals surface area contributed by atoms with E-state index in [-0.39, 0.29) is 5.91 Å². The van der Waals surface area contributed by atoms with Gasteiger partial charge in [-0.1, -0.05) is 6.92 Å². The molecule has 0 unspecified atom stereocenters. The molecule has 1 aromatic rings. The van der Waals surface area contributed by atoms with Crippen molar-refractivity contribution in [2.75, 3.05) is 51.4 Å². The highest BCUT2D eigenvalue weighted by Crippen LogP contribution is 2.18. The molecule has 1 saturated heterocycles. The zero-order valence-electron chi connectivity index (χ0n) is 16.3. The van der Waals surface area contributed by atoms with E-state index >= 15 is 0 Å². The maximum Gasteiger partial charge on any atom is 0.256 e. The summed E-state index contributed by atoms with van der Waals surface area (Å²) >= 11 is 0.